The molecule has 0 saturated carbocycles. The van der Waals surface area contributed by atoms with E-state index in [0.717, 1.165) is 17.8 Å². The molecule has 0 aliphatic carbocycles. The van der Waals surface area contributed by atoms with Gasteiger partial charge in [-0.05, 0) is 29.8 Å². The number of hydrogen-bond acceptors (Lipinski definition) is 7. The molecule has 0 spiro atoms. The van der Waals surface area contributed by atoms with Crippen LogP contribution in [-0.2, 0) is 19.5 Å². The van der Waals surface area contributed by atoms with E-state index in [1.807, 2.05) is 36.4 Å². The maximum absolute atomic E-state index is 12.7. The highest BCUT2D eigenvalue weighted by molar-refractivity contribution is 5.49. The SMILES string of the molecule is COc1cc(CN2CCc3nc(-c4ccccn4)[nH]c(=O)c3C2)ccc1OCCO. The first-order valence-electron chi connectivity index (χ1n) is 9.84. The molecule has 0 fully saturated rings. The van der Waals surface area contributed by atoms with Gasteiger partial charge >= 0.3 is 0 Å². The van der Waals surface area contributed by atoms with Crippen LogP contribution in [0.3, 0.4) is 0 Å². The number of nitrogens with zero attached hydrogens (tertiary/aromatic N) is 3. The van der Waals surface area contributed by atoms with Crippen molar-refractivity contribution < 1.29 is 14.6 Å². The van der Waals surface area contributed by atoms with E-state index in [0.29, 0.717) is 48.1 Å². The van der Waals surface area contributed by atoms with Crippen molar-refractivity contribution in [2.24, 2.45) is 0 Å². The molecule has 1 aliphatic rings. The van der Waals surface area contributed by atoms with E-state index in [1.165, 1.54) is 0 Å². The number of nitrogens with one attached hydrogen (secondary N) is 1. The Bertz CT molecular complexity index is 1070. The topological polar surface area (TPSA) is 101 Å². The number of ether oxygens (including phenoxy) is 2. The van der Waals surface area contributed by atoms with Crippen LogP contribution in [-0.4, -0.2) is 51.8 Å². The predicted molar refractivity (Wildman–Crippen MR) is 111 cm³/mol. The summed E-state index contributed by atoms with van der Waals surface area (Å²) in [7, 11) is 1.59. The Labute approximate surface area is 174 Å². The lowest BCUT2D eigenvalue weighted by atomic mass is 10.1. The van der Waals surface area contributed by atoms with Crippen molar-refractivity contribution in [3.63, 3.8) is 0 Å². The van der Waals surface area contributed by atoms with Gasteiger partial charge in [0, 0.05) is 32.3 Å². The number of aromatic amines is 1. The quantitative estimate of drug-likeness (QED) is 0.614. The zero-order valence-electron chi connectivity index (χ0n) is 16.8. The molecule has 4 rings (SSSR count). The standard InChI is InChI=1S/C22H24N4O4/c1-29-20-12-15(5-6-19(20)30-11-10-27)13-26-9-7-17-16(14-26)22(28)25-21(24-17)18-4-2-3-8-23-18/h2-6,8,12,27H,7,9-11,13-14H2,1H3,(H,24,25,28). The zero-order chi connectivity index (χ0) is 20.9. The molecule has 8 nitrogen and oxygen atoms in total. The number of aliphatic hydroxyl groups is 1. The Hall–Kier alpha value is -3.23. The van der Waals surface area contributed by atoms with Gasteiger partial charge in [0.15, 0.2) is 17.3 Å². The van der Waals surface area contributed by atoms with Crippen LogP contribution in [0.4, 0.5) is 0 Å². The van der Waals surface area contributed by atoms with Crippen LogP contribution >= 0.6 is 0 Å². The first-order valence-corrected chi connectivity index (χ1v) is 9.84. The summed E-state index contributed by atoms with van der Waals surface area (Å²) >= 11 is 0. The number of fused-ring (bicyclic) bond motifs is 1. The molecule has 0 unspecified atom stereocenters. The number of methoxy groups -OCH3 is 1. The van der Waals surface area contributed by atoms with Gasteiger partial charge in [-0.1, -0.05) is 12.1 Å². The molecule has 1 aromatic carbocycles. The molecule has 8 heteroatoms. The largest absolute Gasteiger partial charge is 0.493 e. The summed E-state index contributed by atoms with van der Waals surface area (Å²) in [6.45, 7) is 2.18. The van der Waals surface area contributed by atoms with Crippen LogP contribution in [0.25, 0.3) is 11.5 Å². The minimum absolute atomic E-state index is 0.0529. The Morgan fingerprint density at radius 1 is 1.23 bits per heavy atom. The van der Waals surface area contributed by atoms with Gasteiger partial charge in [0.25, 0.3) is 5.56 Å². The lowest BCUT2D eigenvalue weighted by Gasteiger charge is -2.28. The molecule has 156 valence electrons. The summed E-state index contributed by atoms with van der Waals surface area (Å²) < 4.78 is 10.9. The van der Waals surface area contributed by atoms with Crippen molar-refractivity contribution >= 4 is 0 Å². The van der Waals surface area contributed by atoms with Gasteiger partial charge in [0.1, 0.15) is 12.3 Å². The van der Waals surface area contributed by atoms with Crippen LogP contribution in [0.5, 0.6) is 11.5 Å². The first kappa shape index (κ1) is 20.1. The molecule has 2 N–H and O–H groups in total. The van der Waals surface area contributed by atoms with Crippen LogP contribution < -0.4 is 15.0 Å². The predicted octanol–water partition coefficient (Wildman–Crippen LogP) is 1.77. The van der Waals surface area contributed by atoms with E-state index in [2.05, 4.69) is 19.9 Å². The molecule has 3 heterocycles. The highest BCUT2D eigenvalue weighted by atomic mass is 16.5. The van der Waals surface area contributed by atoms with Gasteiger partial charge in [0.2, 0.25) is 0 Å². The maximum Gasteiger partial charge on any atom is 0.255 e. The molecule has 0 bridgehead atoms. The fraction of sp³-hybridized carbons (Fsp3) is 0.318. The molecule has 0 atom stereocenters. The van der Waals surface area contributed by atoms with Crippen molar-refractivity contribution in [2.45, 2.75) is 19.5 Å². The lowest BCUT2D eigenvalue weighted by molar-refractivity contribution is 0.196. The summed E-state index contributed by atoms with van der Waals surface area (Å²) in [5.41, 5.74) is 3.14. The van der Waals surface area contributed by atoms with Crippen LogP contribution in [0.1, 0.15) is 16.8 Å². The molecule has 0 amide bonds. The van der Waals surface area contributed by atoms with Crippen molar-refractivity contribution in [3.05, 3.63) is 69.8 Å². The summed E-state index contributed by atoms with van der Waals surface area (Å²) in [6, 6.07) is 11.3. The second-order valence-electron chi connectivity index (χ2n) is 7.07. The minimum Gasteiger partial charge on any atom is -0.493 e. The normalized spacial score (nSPS) is 13.7. The van der Waals surface area contributed by atoms with E-state index in [4.69, 9.17) is 14.6 Å². The Morgan fingerprint density at radius 2 is 2.13 bits per heavy atom. The molecule has 0 saturated heterocycles. The van der Waals surface area contributed by atoms with E-state index >= 15 is 0 Å². The fourth-order valence-electron chi connectivity index (χ4n) is 3.58. The van der Waals surface area contributed by atoms with Gasteiger partial charge in [-0.3, -0.25) is 14.7 Å². The molecule has 1 aliphatic heterocycles. The molecular weight excluding hydrogens is 384 g/mol. The first-order chi connectivity index (χ1) is 14.7. The second-order valence-corrected chi connectivity index (χ2v) is 7.07. The average molecular weight is 408 g/mol. The highest BCUT2D eigenvalue weighted by Gasteiger charge is 2.22. The Balaban J connectivity index is 1.50. The number of pyridine rings is 1. The summed E-state index contributed by atoms with van der Waals surface area (Å²) in [6.07, 6.45) is 2.39. The summed E-state index contributed by atoms with van der Waals surface area (Å²) in [5.74, 6) is 1.73. The van der Waals surface area contributed by atoms with Gasteiger partial charge in [-0.15, -0.1) is 0 Å². The van der Waals surface area contributed by atoms with E-state index in [1.54, 1.807) is 13.3 Å². The Kier molecular flexibility index (Phi) is 6.06. The molecular formula is C22H24N4O4. The third kappa shape index (κ3) is 4.34. The number of aromatic nitrogens is 3. The van der Waals surface area contributed by atoms with Gasteiger partial charge < -0.3 is 19.6 Å². The van der Waals surface area contributed by atoms with Crippen molar-refractivity contribution in [1.29, 1.82) is 0 Å². The third-order valence-corrected chi connectivity index (χ3v) is 5.04. The van der Waals surface area contributed by atoms with Crippen LogP contribution in [0.15, 0.2) is 47.4 Å². The van der Waals surface area contributed by atoms with Crippen LogP contribution in [0, 0.1) is 0 Å². The van der Waals surface area contributed by atoms with Gasteiger partial charge in [0.05, 0.1) is 25.0 Å². The Morgan fingerprint density at radius 3 is 2.90 bits per heavy atom. The van der Waals surface area contributed by atoms with Crippen LogP contribution in [0.2, 0.25) is 0 Å². The van der Waals surface area contributed by atoms with Gasteiger partial charge in [-0.25, -0.2) is 4.98 Å². The van der Waals surface area contributed by atoms with E-state index in [9.17, 15) is 4.79 Å². The molecule has 2 aromatic heterocycles. The average Bonchev–Trinajstić information content (AvgIpc) is 2.79. The van der Waals surface area contributed by atoms with Crippen molar-refractivity contribution in [3.8, 4) is 23.0 Å². The lowest BCUT2D eigenvalue weighted by Crippen LogP contribution is -2.35. The van der Waals surface area contributed by atoms with E-state index < -0.39 is 0 Å². The second kappa shape index (κ2) is 9.06. The smallest absolute Gasteiger partial charge is 0.255 e. The van der Waals surface area contributed by atoms with Crippen molar-refractivity contribution in [2.75, 3.05) is 26.9 Å². The molecule has 3 aromatic rings. The maximum atomic E-state index is 12.7. The number of H-pyrrole nitrogens is 1. The number of aliphatic hydroxyl groups excluding tert-OH is 1. The highest BCUT2D eigenvalue weighted by Crippen LogP contribution is 2.29. The minimum atomic E-state index is -0.115. The number of hydrogen-bond donors (Lipinski definition) is 2. The monoisotopic (exact) mass is 408 g/mol. The number of rotatable bonds is 7. The van der Waals surface area contributed by atoms with E-state index in [-0.39, 0.29) is 18.8 Å². The van der Waals surface area contributed by atoms with Crippen molar-refractivity contribution in [1.82, 2.24) is 19.9 Å². The summed E-state index contributed by atoms with van der Waals surface area (Å²) in [4.78, 5) is 26.7. The number of benzene rings is 1. The summed E-state index contributed by atoms with van der Waals surface area (Å²) in [5, 5.41) is 8.94. The zero-order valence-corrected chi connectivity index (χ0v) is 16.8. The molecule has 0 radical (unpaired) electrons. The molecule has 30 heavy (non-hydrogen) atoms. The van der Waals surface area contributed by atoms with Gasteiger partial charge in [-0.2, -0.15) is 0 Å². The third-order valence-electron chi connectivity index (χ3n) is 5.04. The fourth-order valence-corrected chi connectivity index (χ4v) is 3.58.